The van der Waals surface area contributed by atoms with Crippen molar-refractivity contribution >= 4 is 23.3 Å². The third-order valence-corrected chi connectivity index (χ3v) is 6.48. The molecule has 1 saturated carbocycles. The zero-order valence-electron chi connectivity index (χ0n) is 20.7. The molecule has 10 heteroatoms. The molecule has 35 heavy (non-hydrogen) atoms. The van der Waals surface area contributed by atoms with E-state index in [2.05, 4.69) is 34.0 Å². The van der Waals surface area contributed by atoms with Crippen molar-refractivity contribution < 1.29 is 27.8 Å². The highest BCUT2D eigenvalue weighted by atomic mass is 19.4. The van der Waals surface area contributed by atoms with Crippen molar-refractivity contribution in [2.45, 2.75) is 77.1 Å². The lowest BCUT2D eigenvalue weighted by molar-refractivity contribution is -0.141. The third-order valence-electron chi connectivity index (χ3n) is 6.48. The molecule has 1 aromatic carbocycles. The number of anilines is 3. The number of hydrogen-bond donors (Lipinski definition) is 3. The van der Waals surface area contributed by atoms with E-state index in [9.17, 15) is 23.1 Å². The summed E-state index contributed by atoms with van der Waals surface area (Å²) in [5, 5.41) is 12.3. The van der Waals surface area contributed by atoms with Crippen LogP contribution in [0, 0.1) is 5.92 Å². The zero-order valence-corrected chi connectivity index (χ0v) is 20.7. The highest BCUT2D eigenvalue weighted by Gasteiger charge is 2.34. The Bertz CT molecular complexity index is 985. The van der Waals surface area contributed by atoms with E-state index in [1.807, 2.05) is 25.1 Å². The lowest BCUT2D eigenvalue weighted by atomic mass is 9.90. The Morgan fingerprint density at radius 1 is 1.26 bits per heavy atom. The Labute approximate surface area is 204 Å². The van der Waals surface area contributed by atoms with E-state index in [4.69, 9.17) is 4.74 Å². The number of halogens is 3. The summed E-state index contributed by atoms with van der Waals surface area (Å²) in [5.74, 6) is -0.836. The number of H-pyrrole nitrogens is 1. The highest BCUT2D eigenvalue weighted by molar-refractivity contribution is 5.75. The van der Waals surface area contributed by atoms with E-state index in [0.29, 0.717) is 11.6 Å². The van der Waals surface area contributed by atoms with Crippen molar-refractivity contribution in [3.63, 3.8) is 0 Å². The first kappa shape index (κ1) is 26.8. The van der Waals surface area contributed by atoms with Gasteiger partial charge in [0.25, 0.3) is 0 Å². The number of carbonyl (C=O) groups is 1. The molecule has 7 nitrogen and oxygen atoms in total. The van der Waals surface area contributed by atoms with Crippen molar-refractivity contribution in [1.29, 1.82) is 0 Å². The van der Waals surface area contributed by atoms with Gasteiger partial charge < -0.3 is 25.0 Å². The van der Waals surface area contributed by atoms with Gasteiger partial charge in [-0.05, 0) is 55.2 Å². The fourth-order valence-electron chi connectivity index (χ4n) is 4.68. The van der Waals surface area contributed by atoms with Gasteiger partial charge in [-0.25, -0.2) is 4.98 Å². The molecule has 0 amide bonds. The second kappa shape index (κ2) is 11.3. The van der Waals surface area contributed by atoms with E-state index >= 15 is 0 Å². The second-order valence-corrected chi connectivity index (χ2v) is 9.75. The minimum Gasteiger partial charge on any atom is -0.481 e. The van der Waals surface area contributed by atoms with Crippen LogP contribution in [-0.4, -0.2) is 46.8 Å². The Morgan fingerprint density at radius 3 is 2.49 bits per heavy atom. The summed E-state index contributed by atoms with van der Waals surface area (Å²) in [5.41, 5.74) is 1.23. The van der Waals surface area contributed by atoms with Crippen LogP contribution in [0.3, 0.4) is 0 Å². The average Bonchev–Trinajstić information content (AvgIpc) is 3.26. The van der Waals surface area contributed by atoms with Crippen molar-refractivity contribution in [2.75, 3.05) is 23.9 Å². The molecule has 1 aliphatic carbocycles. The number of aliphatic carboxylic acids is 1. The van der Waals surface area contributed by atoms with Gasteiger partial charge in [-0.15, -0.1) is 0 Å². The average molecular weight is 497 g/mol. The van der Waals surface area contributed by atoms with Gasteiger partial charge in [0.15, 0.2) is 5.69 Å². The molecule has 0 spiro atoms. The van der Waals surface area contributed by atoms with Gasteiger partial charge in [0.2, 0.25) is 5.95 Å². The third kappa shape index (κ3) is 7.13. The molecular weight excluding hydrogens is 461 g/mol. The lowest BCUT2D eigenvalue weighted by Crippen LogP contribution is -2.41. The molecule has 0 saturated heterocycles. The van der Waals surface area contributed by atoms with Gasteiger partial charge in [-0.3, -0.25) is 4.79 Å². The molecule has 1 unspecified atom stereocenters. The number of nitrogens with zero attached hydrogens (tertiary/aromatic N) is 2. The lowest BCUT2D eigenvalue weighted by Gasteiger charge is -2.40. The van der Waals surface area contributed by atoms with Crippen LogP contribution in [0.15, 0.2) is 24.4 Å². The molecule has 0 bridgehead atoms. The van der Waals surface area contributed by atoms with E-state index in [1.165, 1.54) is 0 Å². The van der Waals surface area contributed by atoms with Crippen molar-refractivity contribution in [3.05, 3.63) is 35.7 Å². The predicted octanol–water partition coefficient (Wildman–Crippen LogP) is 6.17. The minimum atomic E-state index is -4.55. The van der Waals surface area contributed by atoms with Crippen molar-refractivity contribution in [1.82, 2.24) is 9.97 Å². The van der Waals surface area contributed by atoms with E-state index in [-0.39, 0.29) is 30.4 Å². The molecule has 0 radical (unpaired) electrons. The number of carboxylic acid groups (broad SMARTS) is 1. The van der Waals surface area contributed by atoms with Crippen LogP contribution in [0.5, 0.6) is 0 Å². The van der Waals surface area contributed by atoms with Crippen LogP contribution < -0.4 is 10.2 Å². The summed E-state index contributed by atoms with van der Waals surface area (Å²) in [7, 11) is 1.73. The van der Waals surface area contributed by atoms with Gasteiger partial charge in [0.1, 0.15) is 0 Å². The topological polar surface area (TPSA) is 90.5 Å². The SMILES string of the molecule is CO[C@H]1CC[C@@H](N(CC(C)C)c2ccc(C(C)CC(=O)O)cc2Nc2nc(C(F)(F)F)c[nH]2)CC1. The number of imidazole rings is 1. The molecule has 3 N–H and O–H groups in total. The zero-order chi connectivity index (χ0) is 25.8. The van der Waals surface area contributed by atoms with Crippen LogP contribution in [-0.2, 0) is 15.7 Å². The number of methoxy groups -OCH3 is 1. The normalized spacial score (nSPS) is 19.5. The van der Waals surface area contributed by atoms with Gasteiger partial charge in [-0.1, -0.05) is 26.8 Å². The molecule has 2 aromatic rings. The number of hydrogen-bond acceptors (Lipinski definition) is 5. The molecule has 3 rings (SSSR count). The van der Waals surface area contributed by atoms with Crippen LogP contribution in [0.4, 0.5) is 30.5 Å². The molecular formula is C25H35F3N4O3. The number of alkyl halides is 3. The van der Waals surface area contributed by atoms with Crippen LogP contribution in [0.25, 0.3) is 0 Å². The predicted molar refractivity (Wildman–Crippen MR) is 129 cm³/mol. The van der Waals surface area contributed by atoms with Crippen molar-refractivity contribution in [2.24, 2.45) is 5.92 Å². The van der Waals surface area contributed by atoms with Crippen molar-refractivity contribution in [3.8, 4) is 0 Å². The molecule has 1 fully saturated rings. The van der Waals surface area contributed by atoms with Crippen LogP contribution >= 0.6 is 0 Å². The molecule has 1 heterocycles. The first-order valence-electron chi connectivity index (χ1n) is 12.0. The van der Waals surface area contributed by atoms with Crippen LogP contribution in [0.1, 0.15) is 70.1 Å². The summed E-state index contributed by atoms with van der Waals surface area (Å²) in [6, 6.07) is 5.93. The maximum atomic E-state index is 13.1. The first-order valence-corrected chi connectivity index (χ1v) is 12.0. The van der Waals surface area contributed by atoms with Gasteiger partial charge in [-0.2, -0.15) is 13.2 Å². The second-order valence-electron chi connectivity index (χ2n) is 9.75. The molecule has 0 aliphatic heterocycles. The van der Waals surface area contributed by atoms with Crippen LogP contribution in [0.2, 0.25) is 0 Å². The number of benzene rings is 1. The quantitative estimate of drug-likeness (QED) is 0.364. The first-order chi connectivity index (χ1) is 16.5. The van der Waals surface area contributed by atoms with E-state index < -0.39 is 17.8 Å². The maximum absolute atomic E-state index is 13.1. The fourth-order valence-corrected chi connectivity index (χ4v) is 4.68. The Morgan fingerprint density at radius 2 is 1.94 bits per heavy atom. The number of aromatic nitrogens is 2. The standard InChI is InChI=1S/C25H35F3N4O3/c1-15(2)14-32(18-6-8-19(35-4)9-7-18)21-10-5-17(16(3)11-23(33)34)12-20(21)30-24-29-13-22(31-24)25(26,27)28/h5,10,12-13,15-16,18-19H,6-9,11,14H2,1-4H3,(H,33,34)(H2,29,30,31)/t16?,18-,19+. The van der Waals surface area contributed by atoms with Gasteiger partial charge in [0.05, 0.1) is 23.9 Å². The molecule has 194 valence electrons. The number of rotatable bonds is 10. The van der Waals surface area contributed by atoms with E-state index in [1.54, 1.807) is 7.11 Å². The Balaban J connectivity index is 1.99. The highest BCUT2D eigenvalue weighted by Crippen LogP contribution is 2.38. The Hall–Kier alpha value is -2.75. The fraction of sp³-hybridized carbons (Fsp3) is 0.600. The molecule has 1 atom stereocenters. The summed E-state index contributed by atoms with van der Waals surface area (Å²) < 4.78 is 44.8. The number of carboxylic acids is 1. The molecule has 1 aromatic heterocycles. The number of aromatic amines is 1. The largest absolute Gasteiger partial charge is 0.481 e. The summed E-state index contributed by atoms with van der Waals surface area (Å²) >= 11 is 0. The number of ether oxygens (including phenoxy) is 1. The van der Waals surface area contributed by atoms with Gasteiger partial charge in [0, 0.05) is 25.9 Å². The minimum absolute atomic E-state index is 0.0193. The maximum Gasteiger partial charge on any atom is 0.434 e. The molecule has 1 aliphatic rings. The summed E-state index contributed by atoms with van der Waals surface area (Å²) in [6.45, 7) is 6.85. The Kier molecular flexibility index (Phi) is 8.69. The summed E-state index contributed by atoms with van der Waals surface area (Å²) in [6.07, 6.45) is 0.250. The van der Waals surface area contributed by atoms with Gasteiger partial charge >= 0.3 is 12.1 Å². The van der Waals surface area contributed by atoms with E-state index in [0.717, 1.165) is 49.7 Å². The number of nitrogens with one attached hydrogen (secondary N) is 2. The summed E-state index contributed by atoms with van der Waals surface area (Å²) in [4.78, 5) is 19.8. The monoisotopic (exact) mass is 496 g/mol. The smallest absolute Gasteiger partial charge is 0.434 e.